The Morgan fingerprint density at radius 2 is 2.04 bits per heavy atom. The number of hydrogen-bond acceptors (Lipinski definition) is 4. The Balaban J connectivity index is 2.05. The lowest BCUT2D eigenvalue weighted by atomic mass is 10.1. The van der Waals surface area contributed by atoms with Crippen LogP contribution in [0.15, 0.2) is 42.5 Å². The second-order valence-corrected chi connectivity index (χ2v) is 5.24. The molecule has 0 N–H and O–H groups in total. The molecule has 0 unspecified atom stereocenters. The first-order valence-corrected chi connectivity index (χ1v) is 7.62. The van der Waals surface area contributed by atoms with Crippen LogP contribution in [0.1, 0.15) is 35.7 Å². The van der Waals surface area contributed by atoms with Gasteiger partial charge in [-0.05, 0) is 49.2 Å². The van der Waals surface area contributed by atoms with Crippen LogP contribution in [0.5, 0.6) is 11.5 Å². The zero-order valence-corrected chi connectivity index (χ0v) is 13.4. The fourth-order valence-corrected chi connectivity index (χ4v) is 2.13. The van der Waals surface area contributed by atoms with E-state index in [1.54, 1.807) is 30.3 Å². The summed E-state index contributed by atoms with van der Waals surface area (Å²) in [6, 6.07) is 13.2. The highest BCUT2D eigenvalue weighted by molar-refractivity contribution is 5.97. The van der Waals surface area contributed by atoms with E-state index < -0.39 is 0 Å². The van der Waals surface area contributed by atoms with Crippen LogP contribution in [0.2, 0.25) is 0 Å². The van der Waals surface area contributed by atoms with E-state index in [0.717, 1.165) is 0 Å². The van der Waals surface area contributed by atoms with Gasteiger partial charge < -0.3 is 9.47 Å². The molecule has 2 rings (SSSR count). The first kappa shape index (κ1) is 17.5. The van der Waals surface area contributed by atoms with Crippen LogP contribution >= 0.6 is 0 Å². The molecule has 0 radical (unpaired) electrons. The van der Waals surface area contributed by atoms with Gasteiger partial charge >= 0.3 is 0 Å². The van der Waals surface area contributed by atoms with Crippen molar-refractivity contribution in [2.24, 2.45) is 0 Å². The Morgan fingerprint density at radius 3 is 2.75 bits per heavy atom. The van der Waals surface area contributed by atoms with Crippen molar-refractivity contribution in [3.05, 3.63) is 59.4 Å². The highest BCUT2D eigenvalue weighted by atomic mass is 19.1. The van der Waals surface area contributed by atoms with E-state index in [1.807, 2.05) is 6.07 Å². The summed E-state index contributed by atoms with van der Waals surface area (Å²) in [5.41, 5.74) is 1.12. The predicted molar refractivity (Wildman–Crippen MR) is 87.5 cm³/mol. The number of benzene rings is 2. The molecule has 0 aliphatic carbocycles. The summed E-state index contributed by atoms with van der Waals surface area (Å²) in [4.78, 5) is 11.8. The van der Waals surface area contributed by atoms with Gasteiger partial charge in [0.1, 0.15) is 23.9 Å². The molecule has 0 fully saturated rings. The van der Waals surface area contributed by atoms with Gasteiger partial charge in [-0.25, -0.2) is 4.39 Å². The molecule has 2 aromatic rings. The topological polar surface area (TPSA) is 59.3 Å². The van der Waals surface area contributed by atoms with Crippen LogP contribution in [0.25, 0.3) is 0 Å². The normalized spacial score (nSPS) is 10.0. The quantitative estimate of drug-likeness (QED) is 0.536. The number of Topliss-reactive ketones (excluding diaryl/α,β-unsaturated/α-hetero) is 1. The standard InChI is InChI=1S/C19H18FNO3/c1-14(22)18-12-17(7-8-19(18)23-10-3-2-9-21)24-13-15-5-4-6-16(20)11-15/h4-8,11-12H,2-3,10,13H2,1H3. The molecule has 0 aliphatic rings. The van der Waals surface area contributed by atoms with Crippen molar-refractivity contribution in [2.45, 2.75) is 26.4 Å². The van der Waals surface area contributed by atoms with Gasteiger partial charge in [0, 0.05) is 6.42 Å². The van der Waals surface area contributed by atoms with Gasteiger partial charge in [-0.1, -0.05) is 12.1 Å². The fourth-order valence-electron chi connectivity index (χ4n) is 2.13. The van der Waals surface area contributed by atoms with E-state index in [4.69, 9.17) is 14.7 Å². The van der Waals surface area contributed by atoms with E-state index >= 15 is 0 Å². The number of nitriles is 1. The second-order valence-electron chi connectivity index (χ2n) is 5.24. The smallest absolute Gasteiger partial charge is 0.163 e. The summed E-state index contributed by atoms with van der Waals surface area (Å²) in [6.45, 7) is 2.03. The number of unbranched alkanes of at least 4 members (excludes halogenated alkanes) is 1. The third-order valence-electron chi connectivity index (χ3n) is 3.32. The lowest BCUT2D eigenvalue weighted by Crippen LogP contribution is -2.04. The van der Waals surface area contributed by atoms with Crippen LogP contribution in [0, 0.1) is 17.1 Å². The van der Waals surface area contributed by atoms with Crippen molar-refractivity contribution in [3.63, 3.8) is 0 Å². The molecular formula is C19H18FNO3. The molecule has 0 aromatic heterocycles. The summed E-state index contributed by atoms with van der Waals surface area (Å²) in [5, 5.41) is 8.51. The molecule has 0 amide bonds. The molecule has 2 aromatic carbocycles. The number of hydrogen-bond donors (Lipinski definition) is 0. The molecule has 0 aliphatic heterocycles. The first-order valence-electron chi connectivity index (χ1n) is 7.62. The van der Waals surface area contributed by atoms with E-state index in [9.17, 15) is 9.18 Å². The Kier molecular flexibility index (Phi) is 6.32. The van der Waals surface area contributed by atoms with Crippen molar-refractivity contribution in [3.8, 4) is 17.6 Å². The number of rotatable bonds is 8. The number of nitrogens with zero attached hydrogens (tertiary/aromatic N) is 1. The van der Waals surface area contributed by atoms with Gasteiger partial charge in [0.15, 0.2) is 5.78 Å². The lowest BCUT2D eigenvalue weighted by Gasteiger charge is -2.12. The number of carbonyl (C=O) groups excluding carboxylic acids is 1. The van der Waals surface area contributed by atoms with E-state index in [-0.39, 0.29) is 18.2 Å². The maximum absolute atomic E-state index is 13.2. The number of ether oxygens (including phenoxy) is 2. The molecule has 0 saturated carbocycles. The fraction of sp³-hybridized carbons (Fsp3) is 0.263. The molecule has 124 valence electrons. The van der Waals surface area contributed by atoms with E-state index in [0.29, 0.717) is 42.1 Å². The van der Waals surface area contributed by atoms with Crippen molar-refractivity contribution in [1.82, 2.24) is 0 Å². The average molecular weight is 327 g/mol. The van der Waals surface area contributed by atoms with Crippen molar-refractivity contribution in [2.75, 3.05) is 6.61 Å². The van der Waals surface area contributed by atoms with Gasteiger partial charge in [0.25, 0.3) is 0 Å². The van der Waals surface area contributed by atoms with Gasteiger partial charge in [-0.3, -0.25) is 4.79 Å². The molecule has 4 nitrogen and oxygen atoms in total. The van der Waals surface area contributed by atoms with Crippen LogP contribution in [0.3, 0.4) is 0 Å². The summed E-state index contributed by atoms with van der Waals surface area (Å²) in [7, 11) is 0. The van der Waals surface area contributed by atoms with Crippen molar-refractivity contribution >= 4 is 5.78 Å². The third-order valence-corrected chi connectivity index (χ3v) is 3.32. The van der Waals surface area contributed by atoms with Gasteiger partial charge in [-0.2, -0.15) is 5.26 Å². The number of ketones is 1. The summed E-state index contributed by atoms with van der Waals surface area (Å²) in [5.74, 6) is 0.524. The van der Waals surface area contributed by atoms with Crippen molar-refractivity contribution in [1.29, 1.82) is 5.26 Å². The minimum Gasteiger partial charge on any atom is -0.493 e. The molecule has 0 spiro atoms. The highest BCUT2D eigenvalue weighted by Crippen LogP contribution is 2.25. The minimum absolute atomic E-state index is 0.138. The molecule has 0 atom stereocenters. The number of carbonyl (C=O) groups is 1. The van der Waals surface area contributed by atoms with Crippen LogP contribution in [0.4, 0.5) is 4.39 Å². The molecule has 0 bridgehead atoms. The summed E-state index contributed by atoms with van der Waals surface area (Å²) in [6.07, 6.45) is 1.01. The third kappa shape index (κ3) is 5.10. The zero-order valence-electron chi connectivity index (χ0n) is 13.4. The Hall–Kier alpha value is -2.87. The van der Waals surface area contributed by atoms with Gasteiger partial charge in [0.2, 0.25) is 0 Å². The SMILES string of the molecule is CC(=O)c1cc(OCc2cccc(F)c2)ccc1OCCCC#N. The second kappa shape index (κ2) is 8.68. The highest BCUT2D eigenvalue weighted by Gasteiger charge is 2.11. The molecule has 24 heavy (non-hydrogen) atoms. The predicted octanol–water partition coefficient (Wildman–Crippen LogP) is 4.29. The lowest BCUT2D eigenvalue weighted by molar-refractivity contribution is 0.101. The van der Waals surface area contributed by atoms with Crippen LogP contribution < -0.4 is 9.47 Å². The number of halogens is 1. The van der Waals surface area contributed by atoms with Gasteiger partial charge in [0.05, 0.1) is 18.2 Å². The molecule has 0 saturated heterocycles. The maximum atomic E-state index is 13.2. The first-order chi connectivity index (χ1) is 11.6. The molecule has 5 heteroatoms. The van der Waals surface area contributed by atoms with Crippen molar-refractivity contribution < 1.29 is 18.7 Å². The largest absolute Gasteiger partial charge is 0.493 e. The average Bonchev–Trinajstić information content (AvgIpc) is 2.57. The minimum atomic E-state index is -0.318. The zero-order chi connectivity index (χ0) is 17.4. The Morgan fingerprint density at radius 1 is 1.21 bits per heavy atom. The van der Waals surface area contributed by atoms with E-state index in [1.165, 1.54) is 19.1 Å². The summed E-state index contributed by atoms with van der Waals surface area (Å²) >= 11 is 0. The van der Waals surface area contributed by atoms with Crippen LogP contribution in [-0.4, -0.2) is 12.4 Å². The summed E-state index contributed by atoms with van der Waals surface area (Å²) < 4.78 is 24.3. The monoisotopic (exact) mass is 327 g/mol. The Bertz CT molecular complexity index is 753. The van der Waals surface area contributed by atoms with Crippen LogP contribution in [-0.2, 0) is 6.61 Å². The molecular weight excluding hydrogens is 309 g/mol. The van der Waals surface area contributed by atoms with E-state index in [2.05, 4.69) is 0 Å². The maximum Gasteiger partial charge on any atom is 0.163 e. The molecule has 0 heterocycles. The Labute approximate surface area is 140 Å². The van der Waals surface area contributed by atoms with Gasteiger partial charge in [-0.15, -0.1) is 0 Å².